The fourth-order valence-electron chi connectivity index (χ4n) is 0.939. The van der Waals surface area contributed by atoms with Crippen molar-refractivity contribution < 1.29 is 4.43 Å². The maximum absolute atomic E-state index is 6.11. The van der Waals surface area contributed by atoms with E-state index in [9.17, 15) is 0 Å². The molecule has 0 spiro atoms. The van der Waals surface area contributed by atoms with Crippen molar-refractivity contribution in [2.24, 2.45) is 5.84 Å². The van der Waals surface area contributed by atoms with Crippen molar-refractivity contribution in [2.75, 3.05) is 6.61 Å². The molecule has 0 aliphatic rings. The van der Waals surface area contributed by atoms with Crippen molar-refractivity contribution in [2.45, 2.75) is 38.9 Å². The Hall–Kier alpha value is -0.843. The fraction of sp³-hybridized carbons (Fsp3) is 0.538. The van der Waals surface area contributed by atoms with Gasteiger partial charge in [0.2, 0.25) is 0 Å². The van der Waals surface area contributed by atoms with Crippen molar-refractivity contribution in [1.29, 1.82) is 0 Å². The van der Waals surface area contributed by atoms with Crippen molar-refractivity contribution in [1.82, 2.24) is 5.43 Å². The minimum atomic E-state index is -1.70. The summed E-state index contributed by atoms with van der Waals surface area (Å²) < 4.78 is 6.11. The van der Waals surface area contributed by atoms with Gasteiger partial charge in [-0.15, -0.1) is 0 Å². The Kier molecular flexibility index (Phi) is 6.45. The second-order valence-corrected chi connectivity index (χ2v) is 10.3. The van der Waals surface area contributed by atoms with Gasteiger partial charge in [-0.25, -0.2) is 0 Å². The molecular weight excluding hydrogens is 228 g/mol. The van der Waals surface area contributed by atoms with Crippen LogP contribution < -0.4 is 11.3 Å². The van der Waals surface area contributed by atoms with Gasteiger partial charge in [-0.05, 0) is 29.8 Å². The smallest absolute Gasteiger partial charge is 0.192 e. The maximum Gasteiger partial charge on any atom is 0.192 e. The number of nitrogens with one attached hydrogen (secondary N) is 1. The van der Waals surface area contributed by atoms with Crippen LogP contribution in [-0.4, -0.2) is 14.9 Å². The first-order valence-electron chi connectivity index (χ1n) is 5.83. The zero-order chi connectivity index (χ0) is 13.5. The zero-order valence-electron chi connectivity index (χ0n) is 11.7. The van der Waals surface area contributed by atoms with Crippen LogP contribution in [0.1, 0.15) is 20.8 Å². The predicted octanol–water partition coefficient (Wildman–Crippen LogP) is 3.10. The quantitative estimate of drug-likeness (QED) is 0.331. The van der Waals surface area contributed by atoms with Crippen LogP contribution in [0.15, 0.2) is 36.6 Å². The number of hydrogen-bond donors (Lipinski definition) is 2. The Labute approximate surface area is 107 Å². The molecule has 0 heterocycles. The SMILES string of the molecule is C=C/C=C(\C=C/NN)CO[Si](C)(C)C(C)(C)C. The summed E-state index contributed by atoms with van der Waals surface area (Å²) in [5.41, 5.74) is 3.54. The minimum absolute atomic E-state index is 0.224. The molecule has 0 saturated carbocycles. The van der Waals surface area contributed by atoms with E-state index in [1.807, 2.05) is 12.2 Å². The van der Waals surface area contributed by atoms with Crippen LogP contribution in [0.25, 0.3) is 0 Å². The molecule has 0 amide bonds. The van der Waals surface area contributed by atoms with Gasteiger partial charge in [-0.3, -0.25) is 5.84 Å². The van der Waals surface area contributed by atoms with Gasteiger partial charge in [0.1, 0.15) is 0 Å². The van der Waals surface area contributed by atoms with Gasteiger partial charge in [0.15, 0.2) is 8.32 Å². The van der Waals surface area contributed by atoms with Crippen LogP contribution in [0.5, 0.6) is 0 Å². The molecule has 0 fully saturated rings. The molecule has 4 heteroatoms. The second-order valence-electron chi connectivity index (χ2n) is 5.53. The van der Waals surface area contributed by atoms with Crippen molar-refractivity contribution in [3.05, 3.63) is 36.6 Å². The van der Waals surface area contributed by atoms with Gasteiger partial charge < -0.3 is 9.85 Å². The highest BCUT2D eigenvalue weighted by molar-refractivity contribution is 6.74. The molecule has 0 aromatic carbocycles. The molecule has 17 heavy (non-hydrogen) atoms. The number of rotatable bonds is 6. The standard InChI is InChI=1S/C13H26N2OSi/c1-7-8-12(9-10-15-14)11-16-17(5,6)13(2,3)4/h7-10,15H,1,11,14H2,2-6H3/b10-9-,12-8+. The molecule has 3 nitrogen and oxygen atoms in total. The molecule has 0 aliphatic heterocycles. The van der Waals surface area contributed by atoms with Crippen molar-refractivity contribution in [3.63, 3.8) is 0 Å². The second kappa shape index (κ2) is 6.79. The van der Waals surface area contributed by atoms with Crippen molar-refractivity contribution >= 4 is 8.32 Å². The van der Waals surface area contributed by atoms with E-state index in [-0.39, 0.29) is 5.04 Å². The molecule has 0 atom stereocenters. The lowest BCUT2D eigenvalue weighted by atomic mass is 10.2. The Morgan fingerprint density at radius 2 is 2.00 bits per heavy atom. The van der Waals surface area contributed by atoms with E-state index in [2.05, 4.69) is 45.9 Å². The molecule has 0 rings (SSSR count). The first-order chi connectivity index (χ1) is 7.74. The van der Waals surface area contributed by atoms with Crippen LogP contribution in [0, 0.1) is 0 Å². The van der Waals surface area contributed by atoms with Gasteiger partial charge in [-0.2, -0.15) is 0 Å². The van der Waals surface area contributed by atoms with E-state index in [1.165, 1.54) is 0 Å². The summed E-state index contributed by atoms with van der Waals surface area (Å²) in [5.74, 6) is 5.20. The van der Waals surface area contributed by atoms with E-state index in [0.717, 1.165) is 5.57 Å². The Balaban J connectivity index is 4.57. The summed E-state index contributed by atoms with van der Waals surface area (Å²) in [7, 11) is -1.70. The summed E-state index contributed by atoms with van der Waals surface area (Å²) in [6, 6.07) is 0. The van der Waals surface area contributed by atoms with E-state index < -0.39 is 8.32 Å². The summed E-state index contributed by atoms with van der Waals surface area (Å²) in [6.07, 6.45) is 7.27. The molecule has 98 valence electrons. The third-order valence-corrected chi connectivity index (χ3v) is 7.61. The largest absolute Gasteiger partial charge is 0.413 e. The number of nitrogens with two attached hydrogens (primary N) is 1. The number of hydrogen-bond acceptors (Lipinski definition) is 3. The molecule has 0 unspecified atom stereocenters. The molecule has 0 radical (unpaired) electrons. The normalized spacial score (nSPS) is 14.1. The van der Waals surface area contributed by atoms with E-state index in [1.54, 1.807) is 12.3 Å². The highest BCUT2D eigenvalue weighted by atomic mass is 28.4. The number of hydrazine groups is 1. The molecule has 0 bridgehead atoms. The summed E-state index contributed by atoms with van der Waals surface area (Å²) in [4.78, 5) is 0. The molecular formula is C13H26N2OSi. The summed E-state index contributed by atoms with van der Waals surface area (Å²) in [6.45, 7) is 15.5. The van der Waals surface area contributed by atoms with Crippen LogP contribution in [0.2, 0.25) is 18.1 Å². The molecule has 0 aromatic heterocycles. The van der Waals surface area contributed by atoms with E-state index in [0.29, 0.717) is 6.61 Å². The monoisotopic (exact) mass is 254 g/mol. The Morgan fingerprint density at radius 1 is 1.41 bits per heavy atom. The Morgan fingerprint density at radius 3 is 2.41 bits per heavy atom. The third kappa shape index (κ3) is 5.86. The minimum Gasteiger partial charge on any atom is -0.413 e. The lowest BCUT2D eigenvalue weighted by Crippen LogP contribution is -2.41. The number of allylic oxidation sites excluding steroid dienone is 2. The van der Waals surface area contributed by atoms with Gasteiger partial charge in [0, 0.05) is 6.20 Å². The average molecular weight is 254 g/mol. The zero-order valence-corrected chi connectivity index (χ0v) is 12.7. The highest BCUT2D eigenvalue weighted by Crippen LogP contribution is 2.36. The molecule has 0 aromatic rings. The molecule has 0 aliphatic carbocycles. The van der Waals surface area contributed by atoms with Crippen LogP contribution in [-0.2, 0) is 4.43 Å². The first kappa shape index (κ1) is 16.2. The molecule has 0 saturated heterocycles. The van der Waals surface area contributed by atoms with Crippen LogP contribution in [0.4, 0.5) is 0 Å². The van der Waals surface area contributed by atoms with Gasteiger partial charge in [0.25, 0.3) is 0 Å². The predicted molar refractivity (Wildman–Crippen MR) is 77.9 cm³/mol. The lowest BCUT2D eigenvalue weighted by Gasteiger charge is -2.36. The molecule has 3 N–H and O–H groups in total. The van der Waals surface area contributed by atoms with E-state index in [4.69, 9.17) is 10.3 Å². The van der Waals surface area contributed by atoms with Gasteiger partial charge in [0.05, 0.1) is 6.61 Å². The average Bonchev–Trinajstić information content (AvgIpc) is 2.20. The van der Waals surface area contributed by atoms with Crippen molar-refractivity contribution in [3.8, 4) is 0 Å². The van der Waals surface area contributed by atoms with Gasteiger partial charge in [-0.1, -0.05) is 39.5 Å². The Bertz CT molecular complexity index is 301. The maximum atomic E-state index is 6.11. The fourth-order valence-corrected chi connectivity index (χ4v) is 1.90. The summed E-state index contributed by atoms with van der Waals surface area (Å²) in [5, 5.41) is 0.224. The highest BCUT2D eigenvalue weighted by Gasteiger charge is 2.36. The van der Waals surface area contributed by atoms with E-state index >= 15 is 0 Å². The van der Waals surface area contributed by atoms with Crippen LogP contribution in [0.3, 0.4) is 0 Å². The lowest BCUT2D eigenvalue weighted by molar-refractivity contribution is 0.321. The first-order valence-corrected chi connectivity index (χ1v) is 8.73. The van der Waals surface area contributed by atoms with Crippen LogP contribution >= 0.6 is 0 Å². The topological polar surface area (TPSA) is 47.3 Å². The third-order valence-electron chi connectivity index (χ3n) is 3.13. The summed E-state index contributed by atoms with van der Waals surface area (Å²) >= 11 is 0. The van der Waals surface area contributed by atoms with Gasteiger partial charge >= 0.3 is 0 Å².